The highest BCUT2D eigenvalue weighted by molar-refractivity contribution is 5.52. The molecule has 2 heterocycles. The number of halogens is 3. The lowest BCUT2D eigenvalue weighted by molar-refractivity contribution is 0.274. The van der Waals surface area contributed by atoms with Crippen molar-refractivity contribution in [2.45, 2.75) is 12.1 Å². The number of aromatic nitrogens is 1. The maximum absolute atomic E-state index is 14.7. The van der Waals surface area contributed by atoms with Crippen LogP contribution in [0, 0.1) is 23.5 Å². The molecule has 1 aliphatic heterocycles. The number of anilines is 1. The molecule has 0 N–H and O–H groups in total. The first-order chi connectivity index (χ1) is 10.6. The Morgan fingerprint density at radius 2 is 1.86 bits per heavy atom. The predicted octanol–water partition coefficient (Wildman–Crippen LogP) is 3.33. The Bertz CT molecular complexity index is 716. The molecule has 0 saturated carbocycles. The van der Waals surface area contributed by atoms with Crippen LogP contribution in [0.15, 0.2) is 42.6 Å². The van der Waals surface area contributed by atoms with Crippen LogP contribution in [-0.2, 0) is 0 Å². The van der Waals surface area contributed by atoms with Gasteiger partial charge in [-0.25, -0.2) is 18.2 Å². The van der Waals surface area contributed by atoms with E-state index < -0.39 is 17.3 Å². The van der Waals surface area contributed by atoms with Gasteiger partial charge in [-0.3, -0.25) is 0 Å². The summed E-state index contributed by atoms with van der Waals surface area (Å²) < 4.78 is 42.2. The van der Waals surface area contributed by atoms with Crippen LogP contribution in [-0.4, -0.2) is 23.7 Å². The molecule has 1 fully saturated rings. The summed E-state index contributed by atoms with van der Waals surface area (Å²) in [7, 11) is 0. The van der Waals surface area contributed by atoms with Gasteiger partial charge in [-0.1, -0.05) is 18.1 Å². The zero-order valence-electron chi connectivity index (χ0n) is 11.7. The predicted molar refractivity (Wildman–Crippen MR) is 78.1 cm³/mol. The van der Waals surface area contributed by atoms with E-state index in [-0.39, 0.29) is 25.2 Å². The van der Waals surface area contributed by atoms with Gasteiger partial charge < -0.3 is 4.90 Å². The van der Waals surface area contributed by atoms with E-state index in [9.17, 15) is 13.2 Å². The lowest BCUT2D eigenvalue weighted by Gasteiger charge is -2.20. The number of rotatable bonds is 1. The summed E-state index contributed by atoms with van der Waals surface area (Å²) in [6.45, 7) is 0.0515. The summed E-state index contributed by atoms with van der Waals surface area (Å²) in [6, 6.07) is 8.80. The fraction of sp³-hybridized carbons (Fsp3) is 0.235. The van der Waals surface area contributed by atoms with E-state index in [0.717, 1.165) is 12.1 Å². The van der Waals surface area contributed by atoms with Crippen LogP contribution in [0.1, 0.15) is 12.1 Å². The molecule has 0 aliphatic carbocycles. The Labute approximate surface area is 126 Å². The van der Waals surface area contributed by atoms with Gasteiger partial charge in [0.1, 0.15) is 23.0 Å². The molecule has 1 unspecified atom stereocenters. The fourth-order valence-electron chi connectivity index (χ4n) is 2.47. The van der Waals surface area contributed by atoms with E-state index in [1.165, 1.54) is 11.0 Å². The summed E-state index contributed by atoms with van der Waals surface area (Å²) in [4.78, 5) is 5.36. The zero-order valence-corrected chi connectivity index (χ0v) is 11.7. The first-order valence-electron chi connectivity index (χ1n) is 6.89. The number of benzene rings is 1. The second kappa shape index (κ2) is 5.72. The summed E-state index contributed by atoms with van der Waals surface area (Å²) in [6.07, 6.45) is 1.67. The molecule has 1 atom stereocenters. The Balaban J connectivity index is 1.81. The van der Waals surface area contributed by atoms with Crippen molar-refractivity contribution in [2.75, 3.05) is 18.0 Å². The highest BCUT2D eigenvalue weighted by Gasteiger charge is 2.38. The summed E-state index contributed by atoms with van der Waals surface area (Å²) >= 11 is 0. The third-order valence-corrected chi connectivity index (χ3v) is 3.55. The van der Waals surface area contributed by atoms with E-state index in [4.69, 9.17) is 0 Å². The minimum Gasteiger partial charge on any atom is -0.362 e. The summed E-state index contributed by atoms with van der Waals surface area (Å²) in [5.74, 6) is 3.84. The van der Waals surface area contributed by atoms with Crippen molar-refractivity contribution >= 4 is 5.69 Å². The fourth-order valence-corrected chi connectivity index (χ4v) is 2.47. The van der Waals surface area contributed by atoms with E-state index in [1.54, 1.807) is 24.4 Å². The van der Waals surface area contributed by atoms with Gasteiger partial charge in [0.25, 0.3) is 0 Å². The minimum atomic E-state index is -1.80. The first kappa shape index (κ1) is 14.5. The van der Waals surface area contributed by atoms with Crippen LogP contribution >= 0.6 is 0 Å². The Hall–Kier alpha value is -2.48. The highest BCUT2D eigenvalue weighted by Crippen LogP contribution is 2.32. The molecule has 0 spiro atoms. The summed E-state index contributed by atoms with van der Waals surface area (Å²) in [5.41, 5.74) is -1.52. The number of nitrogens with zero attached hydrogens (tertiary/aromatic N) is 2. The Morgan fingerprint density at radius 3 is 2.55 bits per heavy atom. The second-order valence-corrected chi connectivity index (χ2v) is 5.17. The number of hydrogen-bond acceptors (Lipinski definition) is 2. The standard InChI is InChI=1S/C17H13F3N2/c18-14-5-3-6-15(19)16(14)22-11-9-17(20,12-22)8-7-13-4-1-2-10-21-13/h1-6,10H,9,11-12H2. The minimum absolute atomic E-state index is 0.0978. The largest absolute Gasteiger partial charge is 0.362 e. The molecule has 5 heteroatoms. The second-order valence-electron chi connectivity index (χ2n) is 5.17. The van der Waals surface area contributed by atoms with Crippen LogP contribution in [0.5, 0.6) is 0 Å². The van der Waals surface area contributed by atoms with Crippen molar-refractivity contribution in [3.8, 4) is 11.8 Å². The zero-order chi connectivity index (χ0) is 15.6. The van der Waals surface area contributed by atoms with Gasteiger partial charge >= 0.3 is 0 Å². The van der Waals surface area contributed by atoms with E-state index in [1.807, 2.05) is 0 Å². The molecule has 112 valence electrons. The van der Waals surface area contributed by atoms with Crippen molar-refractivity contribution in [2.24, 2.45) is 0 Å². The SMILES string of the molecule is Fc1cccc(F)c1N1CCC(F)(C#Cc2ccccn2)C1. The quantitative estimate of drug-likeness (QED) is 0.751. The van der Waals surface area contributed by atoms with E-state index >= 15 is 0 Å². The van der Waals surface area contributed by atoms with Gasteiger partial charge in [-0.2, -0.15) is 0 Å². The molecule has 0 bridgehead atoms. The molecular formula is C17H13F3N2. The monoisotopic (exact) mass is 302 g/mol. The van der Waals surface area contributed by atoms with Crippen LogP contribution in [0.2, 0.25) is 0 Å². The van der Waals surface area contributed by atoms with Crippen molar-refractivity contribution in [3.63, 3.8) is 0 Å². The average molecular weight is 302 g/mol. The molecule has 0 amide bonds. The van der Waals surface area contributed by atoms with Crippen LogP contribution in [0.3, 0.4) is 0 Å². The van der Waals surface area contributed by atoms with Crippen molar-refractivity contribution < 1.29 is 13.2 Å². The third-order valence-electron chi connectivity index (χ3n) is 3.55. The molecule has 2 nitrogen and oxygen atoms in total. The number of alkyl halides is 1. The van der Waals surface area contributed by atoms with E-state index in [2.05, 4.69) is 16.8 Å². The van der Waals surface area contributed by atoms with Gasteiger partial charge in [0.2, 0.25) is 0 Å². The number of hydrogen-bond donors (Lipinski definition) is 0. The Kier molecular flexibility index (Phi) is 3.76. The molecule has 0 radical (unpaired) electrons. The van der Waals surface area contributed by atoms with Crippen molar-refractivity contribution in [1.82, 2.24) is 4.98 Å². The maximum Gasteiger partial charge on any atom is 0.190 e. The van der Waals surface area contributed by atoms with Crippen LogP contribution in [0.4, 0.5) is 18.9 Å². The van der Waals surface area contributed by atoms with Crippen LogP contribution in [0.25, 0.3) is 0 Å². The molecular weight excluding hydrogens is 289 g/mol. The van der Waals surface area contributed by atoms with E-state index in [0.29, 0.717) is 5.69 Å². The molecule has 2 aromatic rings. The van der Waals surface area contributed by atoms with Crippen LogP contribution < -0.4 is 4.90 Å². The van der Waals surface area contributed by atoms with Gasteiger partial charge in [0.05, 0.1) is 6.54 Å². The first-order valence-corrected chi connectivity index (χ1v) is 6.89. The number of para-hydroxylation sites is 1. The molecule has 1 saturated heterocycles. The Morgan fingerprint density at radius 1 is 1.09 bits per heavy atom. The van der Waals surface area contributed by atoms with Crippen molar-refractivity contribution in [3.05, 3.63) is 59.9 Å². The van der Waals surface area contributed by atoms with Gasteiger partial charge in [0, 0.05) is 19.2 Å². The smallest absolute Gasteiger partial charge is 0.190 e. The molecule has 22 heavy (non-hydrogen) atoms. The summed E-state index contributed by atoms with van der Waals surface area (Å²) in [5, 5.41) is 0. The molecule has 1 aromatic carbocycles. The van der Waals surface area contributed by atoms with Gasteiger partial charge in [-0.15, -0.1) is 0 Å². The molecule has 1 aliphatic rings. The van der Waals surface area contributed by atoms with Gasteiger partial charge in [-0.05, 0) is 30.2 Å². The molecule has 3 rings (SSSR count). The highest BCUT2D eigenvalue weighted by atomic mass is 19.1. The lowest BCUT2D eigenvalue weighted by Crippen LogP contribution is -2.28. The van der Waals surface area contributed by atoms with Crippen molar-refractivity contribution in [1.29, 1.82) is 0 Å². The average Bonchev–Trinajstić information content (AvgIpc) is 2.89. The maximum atomic E-state index is 14.7. The molecule has 1 aromatic heterocycles. The topological polar surface area (TPSA) is 16.1 Å². The van der Waals surface area contributed by atoms with Gasteiger partial charge in [0.15, 0.2) is 5.67 Å². The normalized spacial score (nSPS) is 20.6. The lowest BCUT2D eigenvalue weighted by atomic mass is 10.1. The number of pyridine rings is 1. The third kappa shape index (κ3) is 2.91.